The summed E-state index contributed by atoms with van der Waals surface area (Å²) in [5, 5.41) is 4.57. The predicted molar refractivity (Wildman–Crippen MR) is 122 cm³/mol. The fourth-order valence-corrected chi connectivity index (χ4v) is 4.66. The molecule has 0 atom stereocenters. The molecule has 1 saturated heterocycles. The number of methoxy groups -OCH3 is 1. The van der Waals surface area contributed by atoms with E-state index in [-0.39, 0.29) is 5.91 Å². The molecule has 3 rings (SSSR count). The number of rotatable bonds is 7. The molecule has 30 heavy (non-hydrogen) atoms. The highest BCUT2D eigenvalue weighted by Gasteiger charge is 2.22. The number of ether oxygens (including phenoxy) is 1. The number of hydrogen-bond acceptors (Lipinski definition) is 6. The molecule has 1 aliphatic rings. The first kappa shape index (κ1) is 23.0. The van der Waals surface area contributed by atoms with E-state index >= 15 is 0 Å². The van der Waals surface area contributed by atoms with Crippen molar-refractivity contribution in [3.63, 3.8) is 0 Å². The molecule has 1 fully saturated rings. The van der Waals surface area contributed by atoms with Gasteiger partial charge < -0.3 is 10.1 Å². The summed E-state index contributed by atoms with van der Waals surface area (Å²) in [7, 11) is 1.34. The second-order valence-corrected chi connectivity index (χ2v) is 9.10. The molecular weight excluding hydrogens is 445 g/mol. The van der Waals surface area contributed by atoms with Crippen molar-refractivity contribution in [2.24, 2.45) is 0 Å². The zero-order chi connectivity index (χ0) is 21.7. The lowest BCUT2D eigenvalue weighted by Gasteiger charge is -2.34. The number of nitrogens with zero attached hydrogens (tertiary/aromatic N) is 2. The summed E-state index contributed by atoms with van der Waals surface area (Å²) >= 11 is 13.5. The molecular formula is C21H25Cl2N3O3S. The number of nitrogens with one attached hydrogen (secondary N) is 1. The molecule has 2 heterocycles. The van der Waals surface area contributed by atoms with Gasteiger partial charge in [0.15, 0.2) is 0 Å². The van der Waals surface area contributed by atoms with E-state index in [1.54, 1.807) is 6.07 Å². The Bertz CT molecular complexity index is 911. The fraction of sp³-hybridized carbons (Fsp3) is 0.429. The number of piperazine rings is 1. The third-order valence-corrected chi connectivity index (χ3v) is 6.95. The molecule has 6 nitrogen and oxygen atoms in total. The van der Waals surface area contributed by atoms with Gasteiger partial charge in [-0.1, -0.05) is 36.2 Å². The van der Waals surface area contributed by atoms with Crippen molar-refractivity contribution in [2.45, 2.75) is 19.9 Å². The minimum absolute atomic E-state index is 0.123. The van der Waals surface area contributed by atoms with Gasteiger partial charge in [-0.15, -0.1) is 11.3 Å². The molecule has 1 aromatic carbocycles. The van der Waals surface area contributed by atoms with Crippen LogP contribution >= 0.6 is 34.5 Å². The van der Waals surface area contributed by atoms with Crippen LogP contribution in [0.2, 0.25) is 10.0 Å². The number of amides is 1. The number of aryl methyl sites for hydroxylation is 1. The van der Waals surface area contributed by atoms with Crippen LogP contribution in [0.4, 0.5) is 5.00 Å². The highest BCUT2D eigenvalue weighted by atomic mass is 35.5. The average molecular weight is 470 g/mol. The van der Waals surface area contributed by atoms with Crippen molar-refractivity contribution < 1.29 is 14.3 Å². The van der Waals surface area contributed by atoms with Crippen LogP contribution in [-0.2, 0) is 22.5 Å². The summed E-state index contributed by atoms with van der Waals surface area (Å²) in [6.45, 7) is 6.41. The second kappa shape index (κ2) is 10.6. The number of hydrogen-bond donors (Lipinski definition) is 1. The van der Waals surface area contributed by atoms with Gasteiger partial charge in [-0.25, -0.2) is 4.79 Å². The van der Waals surface area contributed by atoms with E-state index in [0.717, 1.165) is 49.6 Å². The van der Waals surface area contributed by atoms with Crippen LogP contribution in [0.15, 0.2) is 24.3 Å². The van der Waals surface area contributed by atoms with Crippen LogP contribution < -0.4 is 5.32 Å². The zero-order valence-corrected chi connectivity index (χ0v) is 19.4. The monoisotopic (exact) mass is 469 g/mol. The first-order valence-electron chi connectivity index (χ1n) is 9.79. The third-order valence-electron chi connectivity index (χ3n) is 5.01. The van der Waals surface area contributed by atoms with Crippen LogP contribution in [-0.4, -0.2) is 61.5 Å². The molecule has 0 saturated carbocycles. The molecule has 0 unspecified atom stereocenters. The van der Waals surface area contributed by atoms with Gasteiger partial charge in [-0.05, 0) is 30.2 Å². The summed E-state index contributed by atoms with van der Waals surface area (Å²) in [5.41, 5.74) is 1.54. The Balaban J connectivity index is 1.50. The molecule has 0 aliphatic carbocycles. The largest absolute Gasteiger partial charge is 0.465 e. The van der Waals surface area contributed by atoms with Crippen molar-refractivity contribution >= 4 is 51.4 Å². The van der Waals surface area contributed by atoms with Crippen molar-refractivity contribution in [1.29, 1.82) is 0 Å². The van der Waals surface area contributed by atoms with Gasteiger partial charge >= 0.3 is 5.97 Å². The van der Waals surface area contributed by atoms with Crippen LogP contribution in [0, 0.1) is 0 Å². The Hall–Kier alpha value is -1.64. The van der Waals surface area contributed by atoms with E-state index < -0.39 is 5.97 Å². The third kappa shape index (κ3) is 5.95. The van der Waals surface area contributed by atoms with Gasteiger partial charge in [0.1, 0.15) is 5.00 Å². The normalized spacial score (nSPS) is 15.2. The molecule has 0 radical (unpaired) electrons. The Morgan fingerprint density at radius 1 is 1.10 bits per heavy atom. The van der Waals surface area contributed by atoms with E-state index in [2.05, 4.69) is 15.1 Å². The Labute approximate surface area is 190 Å². The molecule has 0 bridgehead atoms. The lowest BCUT2D eigenvalue weighted by atomic mass is 10.2. The van der Waals surface area contributed by atoms with Gasteiger partial charge in [0.05, 0.1) is 29.3 Å². The summed E-state index contributed by atoms with van der Waals surface area (Å²) in [6.07, 6.45) is 0.797. The first-order valence-corrected chi connectivity index (χ1v) is 11.4. The Kier molecular flexibility index (Phi) is 8.13. The highest BCUT2D eigenvalue weighted by Crippen LogP contribution is 2.29. The summed E-state index contributed by atoms with van der Waals surface area (Å²) < 4.78 is 4.83. The topological polar surface area (TPSA) is 61.9 Å². The second-order valence-electron chi connectivity index (χ2n) is 7.15. The fourth-order valence-electron chi connectivity index (χ4n) is 3.34. The average Bonchev–Trinajstić information content (AvgIpc) is 3.14. The van der Waals surface area contributed by atoms with Crippen LogP contribution in [0.3, 0.4) is 0 Å². The maximum atomic E-state index is 12.5. The minimum atomic E-state index is -0.433. The predicted octanol–water partition coefficient (Wildman–Crippen LogP) is 4.16. The maximum absolute atomic E-state index is 12.5. The number of anilines is 1. The molecule has 2 aromatic rings. The van der Waals surface area contributed by atoms with Gasteiger partial charge in [0.25, 0.3) is 0 Å². The van der Waals surface area contributed by atoms with Crippen molar-refractivity contribution in [3.8, 4) is 0 Å². The molecule has 1 aliphatic heterocycles. The van der Waals surface area contributed by atoms with E-state index in [0.29, 0.717) is 27.2 Å². The van der Waals surface area contributed by atoms with Crippen LogP contribution in [0.1, 0.15) is 27.7 Å². The number of carbonyl (C=O) groups excluding carboxylic acids is 2. The van der Waals surface area contributed by atoms with E-state index in [9.17, 15) is 9.59 Å². The number of carbonyl (C=O) groups is 2. The van der Waals surface area contributed by atoms with E-state index in [1.807, 2.05) is 25.1 Å². The minimum Gasteiger partial charge on any atom is -0.465 e. The Morgan fingerprint density at radius 2 is 1.80 bits per heavy atom. The SMILES string of the molecule is CCc1cc(C(=O)OC)c(NC(=O)CN2CCN(Cc3ccc(Cl)c(Cl)c3)CC2)s1. The number of benzene rings is 1. The van der Waals surface area contributed by atoms with Gasteiger partial charge in [-0.3, -0.25) is 14.6 Å². The summed E-state index contributed by atoms with van der Waals surface area (Å²) in [5.74, 6) is -0.556. The number of halogens is 2. The maximum Gasteiger partial charge on any atom is 0.340 e. The zero-order valence-electron chi connectivity index (χ0n) is 17.0. The van der Waals surface area contributed by atoms with Crippen molar-refractivity contribution in [1.82, 2.24) is 9.80 Å². The molecule has 0 spiro atoms. The van der Waals surface area contributed by atoms with E-state index in [4.69, 9.17) is 27.9 Å². The highest BCUT2D eigenvalue weighted by molar-refractivity contribution is 7.16. The van der Waals surface area contributed by atoms with Crippen LogP contribution in [0.25, 0.3) is 0 Å². The van der Waals surface area contributed by atoms with Crippen molar-refractivity contribution in [3.05, 3.63) is 50.3 Å². The standard InChI is InChI=1S/C21H25Cl2N3O3S/c1-3-15-11-16(21(28)29-2)20(30-15)24-19(27)13-26-8-6-25(7-9-26)12-14-4-5-17(22)18(23)10-14/h4-5,10-11H,3,6-9,12-13H2,1-2H3,(H,24,27). The first-order chi connectivity index (χ1) is 14.4. The van der Waals surface area contributed by atoms with Gasteiger partial charge in [0.2, 0.25) is 5.91 Å². The number of thiophene rings is 1. The lowest BCUT2D eigenvalue weighted by molar-refractivity contribution is -0.117. The van der Waals surface area contributed by atoms with E-state index in [1.165, 1.54) is 18.4 Å². The molecule has 1 N–H and O–H groups in total. The van der Waals surface area contributed by atoms with Crippen LogP contribution in [0.5, 0.6) is 0 Å². The lowest BCUT2D eigenvalue weighted by Crippen LogP contribution is -2.48. The summed E-state index contributed by atoms with van der Waals surface area (Å²) in [4.78, 5) is 30.0. The molecule has 1 aromatic heterocycles. The smallest absolute Gasteiger partial charge is 0.340 e. The number of esters is 1. The molecule has 9 heteroatoms. The van der Waals surface area contributed by atoms with Gasteiger partial charge in [0, 0.05) is 37.6 Å². The Morgan fingerprint density at radius 3 is 2.43 bits per heavy atom. The van der Waals surface area contributed by atoms with Crippen molar-refractivity contribution in [2.75, 3.05) is 45.2 Å². The quantitative estimate of drug-likeness (QED) is 0.616. The van der Waals surface area contributed by atoms with Gasteiger partial charge in [-0.2, -0.15) is 0 Å². The molecule has 162 valence electrons. The summed E-state index contributed by atoms with van der Waals surface area (Å²) in [6, 6.07) is 7.48. The molecule has 1 amide bonds.